The zero-order valence-electron chi connectivity index (χ0n) is 20.6. The van der Waals surface area contributed by atoms with Gasteiger partial charge >= 0.3 is 0 Å². The molecule has 0 spiro atoms. The van der Waals surface area contributed by atoms with E-state index in [1.165, 1.54) is 18.5 Å². The van der Waals surface area contributed by atoms with Gasteiger partial charge in [0, 0.05) is 53.9 Å². The lowest BCUT2D eigenvalue weighted by molar-refractivity contribution is 0.209. The summed E-state index contributed by atoms with van der Waals surface area (Å²) in [5, 5.41) is 9.95. The Morgan fingerprint density at radius 1 is 1.06 bits per heavy atom. The highest BCUT2D eigenvalue weighted by Gasteiger charge is 2.20. The van der Waals surface area contributed by atoms with Gasteiger partial charge in [0.2, 0.25) is 0 Å². The van der Waals surface area contributed by atoms with E-state index in [9.17, 15) is 0 Å². The molecule has 0 aliphatic carbocycles. The van der Waals surface area contributed by atoms with Crippen LogP contribution in [0, 0.1) is 6.92 Å². The fourth-order valence-corrected chi connectivity index (χ4v) is 5.17. The van der Waals surface area contributed by atoms with Gasteiger partial charge in [0.25, 0.3) is 0 Å². The van der Waals surface area contributed by atoms with E-state index in [1.807, 2.05) is 12.3 Å². The zero-order chi connectivity index (χ0) is 24.5. The van der Waals surface area contributed by atoms with Crippen LogP contribution in [0.15, 0.2) is 61.4 Å². The molecule has 0 bridgehead atoms. The van der Waals surface area contributed by atoms with Crippen molar-refractivity contribution in [3.05, 3.63) is 77.6 Å². The summed E-state index contributed by atoms with van der Waals surface area (Å²) in [6, 6.07) is 12.5. The molecule has 1 aliphatic rings. The summed E-state index contributed by atoms with van der Waals surface area (Å²) in [6.07, 6.45) is 5.34. The number of unbranched alkanes of at least 4 members (excludes halogenated alkanes) is 1. The van der Waals surface area contributed by atoms with E-state index in [-0.39, 0.29) is 0 Å². The quantitative estimate of drug-likeness (QED) is 0.305. The summed E-state index contributed by atoms with van der Waals surface area (Å²) in [7, 11) is 0. The molecule has 0 unspecified atom stereocenters. The fourth-order valence-electron chi connectivity index (χ4n) is 4.91. The fraction of sp³-hybridized carbons (Fsp3) is 0.310. The zero-order valence-corrected chi connectivity index (χ0v) is 21.3. The lowest BCUT2D eigenvalue weighted by Crippen LogP contribution is -2.44. The lowest BCUT2D eigenvalue weighted by Gasteiger charge is -2.39. The van der Waals surface area contributed by atoms with Crippen molar-refractivity contribution in [3.63, 3.8) is 0 Å². The SMILES string of the molecule is C=C(CCCC)N1CCN(C(=C)c2ccc3c(Cl)cc(-c4cc(C)c5[nH]ncc5c4)nc3c2)CC1. The molecule has 0 saturated carbocycles. The predicted octanol–water partition coefficient (Wildman–Crippen LogP) is 7.03. The normalized spacial score (nSPS) is 14.1. The van der Waals surface area contributed by atoms with Gasteiger partial charge < -0.3 is 9.80 Å². The number of benzene rings is 2. The number of pyridine rings is 1. The van der Waals surface area contributed by atoms with Gasteiger partial charge in [0.1, 0.15) is 0 Å². The van der Waals surface area contributed by atoms with E-state index in [2.05, 4.69) is 77.3 Å². The van der Waals surface area contributed by atoms with Crippen molar-refractivity contribution in [1.29, 1.82) is 0 Å². The smallest absolute Gasteiger partial charge is 0.0731 e. The van der Waals surface area contributed by atoms with Crippen LogP contribution in [0.2, 0.25) is 5.02 Å². The molecule has 35 heavy (non-hydrogen) atoms. The summed E-state index contributed by atoms with van der Waals surface area (Å²) in [5.74, 6) is 0. The molecule has 180 valence electrons. The first kappa shape index (κ1) is 23.4. The number of fused-ring (bicyclic) bond motifs is 2. The van der Waals surface area contributed by atoms with Crippen LogP contribution >= 0.6 is 11.6 Å². The molecule has 5 rings (SSSR count). The Morgan fingerprint density at radius 2 is 1.83 bits per heavy atom. The standard InChI is InChI=1S/C29H32ClN5/c1-5-6-7-20(3)34-10-12-35(13-11-34)21(4)22-8-9-25-26(30)17-27(32-28(25)16-22)23-14-19(2)29-24(15-23)18-31-33-29/h8-9,14-18H,3-7,10-13H2,1-2H3,(H,31,33). The van der Waals surface area contributed by atoms with Crippen molar-refractivity contribution >= 4 is 39.1 Å². The number of rotatable bonds is 7. The average molecular weight is 486 g/mol. The Balaban J connectivity index is 1.39. The van der Waals surface area contributed by atoms with E-state index < -0.39 is 0 Å². The number of aryl methyl sites for hydroxylation is 1. The maximum atomic E-state index is 6.71. The number of H-pyrrole nitrogens is 1. The highest BCUT2D eigenvalue weighted by Crippen LogP contribution is 2.32. The van der Waals surface area contributed by atoms with Gasteiger partial charge in [-0.2, -0.15) is 5.10 Å². The van der Waals surface area contributed by atoms with Gasteiger partial charge in [-0.3, -0.25) is 5.10 Å². The Hall–Kier alpha value is -3.31. The third kappa shape index (κ3) is 4.65. The van der Waals surface area contributed by atoms with Crippen molar-refractivity contribution in [2.75, 3.05) is 26.2 Å². The summed E-state index contributed by atoms with van der Waals surface area (Å²) < 4.78 is 0. The Labute approximate surface area is 212 Å². The topological polar surface area (TPSA) is 48.0 Å². The van der Waals surface area contributed by atoms with Gasteiger partial charge in [-0.15, -0.1) is 0 Å². The highest BCUT2D eigenvalue weighted by molar-refractivity contribution is 6.35. The molecule has 1 fully saturated rings. The summed E-state index contributed by atoms with van der Waals surface area (Å²) in [4.78, 5) is 9.79. The molecule has 0 radical (unpaired) electrons. The van der Waals surface area contributed by atoms with Crippen LogP contribution in [0.5, 0.6) is 0 Å². The van der Waals surface area contributed by atoms with Crippen molar-refractivity contribution in [2.45, 2.75) is 33.1 Å². The first-order chi connectivity index (χ1) is 16.9. The number of hydrogen-bond acceptors (Lipinski definition) is 4. The second-order valence-electron chi connectivity index (χ2n) is 9.44. The first-order valence-corrected chi connectivity index (χ1v) is 12.7. The second kappa shape index (κ2) is 9.74. The second-order valence-corrected chi connectivity index (χ2v) is 9.85. The molecule has 4 aromatic rings. The van der Waals surface area contributed by atoms with E-state index in [0.29, 0.717) is 5.02 Å². The van der Waals surface area contributed by atoms with Crippen LogP contribution in [0.4, 0.5) is 0 Å². The molecule has 3 heterocycles. The van der Waals surface area contributed by atoms with Crippen LogP contribution in [0.25, 0.3) is 38.8 Å². The largest absolute Gasteiger partial charge is 0.372 e. The van der Waals surface area contributed by atoms with Crippen molar-refractivity contribution in [2.24, 2.45) is 0 Å². The van der Waals surface area contributed by atoms with E-state index in [4.69, 9.17) is 16.6 Å². The summed E-state index contributed by atoms with van der Waals surface area (Å²) >= 11 is 6.71. The van der Waals surface area contributed by atoms with E-state index >= 15 is 0 Å². The average Bonchev–Trinajstić information content (AvgIpc) is 3.36. The van der Waals surface area contributed by atoms with Crippen LogP contribution in [-0.2, 0) is 0 Å². The minimum absolute atomic E-state index is 0.700. The first-order valence-electron chi connectivity index (χ1n) is 12.4. The number of allylic oxidation sites excluding steroid dienone is 1. The number of nitrogens with zero attached hydrogens (tertiary/aromatic N) is 4. The van der Waals surface area contributed by atoms with Crippen LogP contribution in [0.1, 0.15) is 37.3 Å². The highest BCUT2D eigenvalue weighted by atomic mass is 35.5. The third-order valence-electron chi connectivity index (χ3n) is 7.06. The molecule has 1 aliphatic heterocycles. The number of hydrogen-bond donors (Lipinski definition) is 1. The van der Waals surface area contributed by atoms with Gasteiger partial charge in [-0.05, 0) is 55.2 Å². The van der Waals surface area contributed by atoms with E-state index in [1.54, 1.807) is 0 Å². The van der Waals surface area contributed by atoms with Gasteiger partial charge in [0.15, 0.2) is 0 Å². The third-order valence-corrected chi connectivity index (χ3v) is 7.37. The Morgan fingerprint density at radius 3 is 2.60 bits per heavy atom. The summed E-state index contributed by atoms with van der Waals surface area (Å²) in [6.45, 7) is 16.9. The molecule has 1 saturated heterocycles. The monoisotopic (exact) mass is 485 g/mol. The summed E-state index contributed by atoms with van der Waals surface area (Å²) in [5.41, 5.74) is 8.32. The minimum atomic E-state index is 0.700. The molecule has 2 aromatic carbocycles. The Kier molecular flexibility index (Phi) is 6.52. The van der Waals surface area contributed by atoms with Crippen molar-refractivity contribution in [3.8, 4) is 11.3 Å². The van der Waals surface area contributed by atoms with E-state index in [0.717, 1.165) is 82.5 Å². The minimum Gasteiger partial charge on any atom is -0.372 e. The van der Waals surface area contributed by atoms with Crippen LogP contribution in [0.3, 0.4) is 0 Å². The van der Waals surface area contributed by atoms with Crippen LogP contribution < -0.4 is 0 Å². The number of nitrogens with one attached hydrogen (secondary N) is 1. The number of piperazine rings is 1. The molecular formula is C29H32ClN5. The van der Waals surface area contributed by atoms with Gasteiger partial charge in [-0.1, -0.05) is 50.2 Å². The predicted molar refractivity (Wildman–Crippen MR) is 147 cm³/mol. The van der Waals surface area contributed by atoms with Crippen molar-refractivity contribution < 1.29 is 0 Å². The molecule has 5 nitrogen and oxygen atoms in total. The van der Waals surface area contributed by atoms with Crippen LogP contribution in [-0.4, -0.2) is 51.2 Å². The molecule has 2 aromatic heterocycles. The number of halogens is 1. The number of aromatic amines is 1. The maximum Gasteiger partial charge on any atom is 0.0731 e. The number of aromatic nitrogens is 3. The van der Waals surface area contributed by atoms with Gasteiger partial charge in [-0.25, -0.2) is 4.98 Å². The van der Waals surface area contributed by atoms with Crippen molar-refractivity contribution in [1.82, 2.24) is 25.0 Å². The lowest BCUT2D eigenvalue weighted by atomic mass is 10.0. The molecule has 0 amide bonds. The molecular weight excluding hydrogens is 454 g/mol. The Bertz CT molecular complexity index is 1410. The maximum absolute atomic E-state index is 6.71. The molecule has 0 atom stereocenters. The van der Waals surface area contributed by atoms with Gasteiger partial charge in [0.05, 0.1) is 27.9 Å². The molecule has 6 heteroatoms. The molecule has 1 N–H and O–H groups in total.